The van der Waals surface area contributed by atoms with Gasteiger partial charge in [-0.3, -0.25) is 15.5 Å². The first kappa shape index (κ1) is 15.6. The van der Waals surface area contributed by atoms with Crippen molar-refractivity contribution >= 4 is 29.2 Å². The summed E-state index contributed by atoms with van der Waals surface area (Å²) in [7, 11) is 1.30. The Bertz CT molecular complexity index is 547. The number of hydrogen-bond acceptors (Lipinski definition) is 6. The van der Waals surface area contributed by atoms with Gasteiger partial charge in [0.25, 0.3) is 5.69 Å². The van der Waals surface area contributed by atoms with Crippen LogP contribution in [-0.2, 0) is 0 Å². The van der Waals surface area contributed by atoms with Crippen molar-refractivity contribution < 1.29 is 14.8 Å². The highest BCUT2D eigenvalue weighted by atomic mass is 32.1. The Hall–Kier alpha value is -2.42. The van der Waals surface area contributed by atoms with Crippen LogP contribution in [0.5, 0.6) is 11.5 Å². The number of thiocarbonyl (C=S) groups is 1. The van der Waals surface area contributed by atoms with Gasteiger partial charge in [0, 0.05) is 18.2 Å². The Kier molecular flexibility index (Phi) is 5.66. The lowest BCUT2D eigenvalue weighted by atomic mass is 10.2. The fourth-order valence-electron chi connectivity index (χ4n) is 1.33. The molecule has 108 valence electrons. The maximum atomic E-state index is 10.8. The van der Waals surface area contributed by atoms with Gasteiger partial charge < -0.3 is 15.2 Å². The third kappa shape index (κ3) is 4.05. The van der Waals surface area contributed by atoms with Crippen LogP contribution < -0.4 is 15.5 Å². The van der Waals surface area contributed by atoms with Crippen LogP contribution in [0.2, 0.25) is 0 Å². The monoisotopic (exact) mass is 298 g/mol. The third-order valence-electron chi connectivity index (χ3n) is 2.23. The van der Waals surface area contributed by atoms with E-state index in [2.05, 4.69) is 15.8 Å². The molecule has 0 bridgehead atoms. The highest BCUT2D eigenvalue weighted by molar-refractivity contribution is 7.80. The van der Waals surface area contributed by atoms with E-state index in [1.165, 1.54) is 19.4 Å². The summed E-state index contributed by atoms with van der Waals surface area (Å²) in [6.07, 6.45) is 1.22. The predicted octanol–water partition coefficient (Wildman–Crippen LogP) is 1.13. The van der Waals surface area contributed by atoms with Gasteiger partial charge in [0.15, 0.2) is 16.6 Å². The van der Waals surface area contributed by atoms with Gasteiger partial charge in [-0.15, -0.1) is 0 Å². The van der Waals surface area contributed by atoms with Gasteiger partial charge in [-0.2, -0.15) is 5.10 Å². The molecular weight excluding hydrogens is 284 g/mol. The number of nitro benzene ring substituents is 1. The summed E-state index contributed by atoms with van der Waals surface area (Å²) in [4.78, 5) is 10.2. The number of phenolic OH excluding ortho intramolecular Hbond substituents is 1. The van der Waals surface area contributed by atoms with Crippen molar-refractivity contribution in [2.75, 3.05) is 13.7 Å². The largest absolute Gasteiger partial charge is 0.504 e. The summed E-state index contributed by atoms with van der Waals surface area (Å²) in [6.45, 7) is 2.51. The minimum atomic E-state index is -0.587. The molecule has 0 saturated carbocycles. The molecule has 0 unspecified atom stereocenters. The van der Waals surface area contributed by atoms with Gasteiger partial charge in [-0.05, 0) is 19.1 Å². The van der Waals surface area contributed by atoms with Crippen LogP contribution in [0.15, 0.2) is 17.2 Å². The van der Waals surface area contributed by atoms with E-state index < -0.39 is 4.92 Å². The van der Waals surface area contributed by atoms with Crippen molar-refractivity contribution in [3.8, 4) is 11.5 Å². The normalized spacial score (nSPS) is 10.3. The van der Waals surface area contributed by atoms with Crippen molar-refractivity contribution in [2.45, 2.75) is 6.92 Å². The minimum absolute atomic E-state index is 0.00471. The summed E-state index contributed by atoms with van der Waals surface area (Å²) in [6, 6.07) is 2.31. The van der Waals surface area contributed by atoms with E-state index >= 15 is 0 Å². The summed E-state index contributed by atoms with van der Waals surface area (Å²) < 4.78 is 4.87. The van der Waals surface area contributed by atoms with Crippen LogP contribution in [0.1, 0.15) is 12.5 Å². The Balaban J connectivity index is 2.98. The zero-order chi connectivity index (χ0) is 15.1. The van der Waals surface area contributed by atoms with E-state index in [4.69, 9.17) is 17.0 Å². The number of non-ortho nitro benzene ring substituents is 1. The highest BCUT2D eigenvalue weighted by Crippen LogP contribution is 2.33. The van der Waals surface area contributed by atoms with Crippen molar-refractivity contribution in [3.63, 3.8) is 0 Å². The maximum absolute atomic E-state index is 10.8. The summed E-state index contributed by atoms with van der Waals surface area (Å²) >= 11 is 4.89. The van der Waals surface area contributed by atoms with E-state index in [1.807, 2.05) is 6.92 Å². The number of nitrogens with zero attached hydrogens (tertiary/aromatic N) is 2. The van der Waals surface area contributed by atoms with Gasteiger partial charge in [0.05, 0.1) is 24.3 Å². The molecule has 0 amide bonds. The second kappa shape index (κ2) is 7.24. The molecule has 20 heavy (non-hydrogen) atoms. The van der Waals surface area contributed by atoms with Crippen LogP contribution in [0.3, 0.4) is 0 Å². The van der Waals surface area contributed by atoms with E-state index in [-0.39, 0.29) is 22.7 Å². The van der Waals surface area contributed by atoms with Gasteiger partial charge in [0.1, 0.15) is 0 Å². The van der Waals surface area contributed by atoms with Gasteiger partial charge in [-0.1, -0.05) is 0 Å². The van der Waals surface area contributed by atoms with Crippen LogP contribution in [0.4, 0.5) is 5.69 Å². The van der Waals surface area contributed by atoms with Crippen LogP contribution in [0, 0.1) is 10.1 Å². The van der Waals surface area contributed by atoms with Crippen LogP contribution in [-0.4, -0.2) is 35.0 Å². The highest BCUT2D eigenvalue weighted by Gasteiger charge is 2.15. The zero-order valence-electron chi connectivity index (χ0n) is 10.9. The number of phenols is 1. The molecule has 1 rings (SSSR count). The molecule has 8 nitrogen and oxygen atoms in total. The minimum Gasteiger partial charge on any atom is -0.504 e. The zero-order valence-corrected chi connectivity index (χ0v) is 11.7. The molecule has 0 atom stereocenters. The predicted molar refractivity (Wildman–Crippen MR) is 78.3 cm³/mol. The number of hydrazone groups is 1. The molecule has 0 aliphatic rings. The molecule has 0 fully saturated rings. The van der Waals surface area contributed by atoms with E-state index in [9.17, 15) is 15.2 Å². The molecule has 3 N–H and O–H groups in total. The molecule has 0 heterocycles. The van der Waals surface area contributed by atoms with Crippen molar-refractivity contribution in [1.82, 2.24) is 10.7 Å². The molecule has 0 aliphatic heterocycles. The Labute approximate surface area is 120 Å². The summed E-state index contributed by atoms with van der Waals surface area (Å²) in [5.74, 6) is -0.243. The van der Waals surface area contributed by atoms with Gasteiger partial charge >= 0.3 is 0 Å². The molecule has 1 aromatic rings. The Morgan fingerprint density at radius 1 is 1.65 bits per heavy atom. The lowest BCUT2D eigenvalue weighted by molar-refractivity contribution is -0.385. The fourth-order valence-corrected chi connectivity index (χ4v) is 1.53. The van der Waals surface area contributed by atoms with Crippen molar-refractivity contribution in [2.24, 2.45) is 5.10 Å². The van der Waals surface area contributed by atoms with Crippen LogP contribution in [0.25, 0.3) is 0 Å². The van der Waals surface area contributed by atoms with Crippen LogP contribution >= 0.6 is 12.2 Å². The number of ether oxygens (including phenoxy) is 1. The molecule has 0 aliphatic carbocycles. The second-order valence-corrected chi connectivity index (χ2v) is 3.98. The number of benzene rings is 1. The SMILES string of the molecule is CCNC(=S)NN=Cc1cc([N+](=O)[O-])cc(OC)c1O. The average Bonchev–Trinajstić information content (AvgIpc) is 2.40. The Morgan fingerprint density at radius 3 is 2.90 bits per heavy atom. The topological polar surface area (TPSA) is 109 Å². The molecule has 9 heteroatoms. The number of rotatable bonds is 5. The molecule has 1 aromatic carbocycles. The smallest absolute Gasteiger partial charge is 0.274 e. The second-order valence-electron chi connectivity index (χ2n) is 3.57. The van der Waals surface area contributed by atoms with Gasteiger partial charge in [-0.25, -0.2) is 0 Å². The maximum Gasteiger partial charge on any atom is 0.274 e. The summed E-state index contributed by atoms with van der Waals surface area (Å²) in [5.41, 5.74) is 2.44. The van der Waals surface area contributed by atoms with Crippen molar-refractivity contribution in [3.05, 3.63) is 27.8 Å². The molecule has 0 spiro atoms. The molecule has 0 radical (unpaired) electrons. The number of methoxy groups -OCH3 is 1. The average molecular weight is 298 g/mol. The van der Waals surface area contributed by atoms with Crippen molar-refractivity contribution in [1.29, 1.82) is 0 Å². The molecule has 0 aromatic heterocycles. The molecule has 0 saturated heterocycles. The van der Waals surface area contributed by atoms with E-state index in [0.29, 0.717) is 11.7 Å². The standard InChI is InChI=1S/C11H14N4O4S/c1-3-12-11(20)14-13-6-7-4-8(15(17)18)5-9(19-2)10(7)16/h4-6,16H,3H2,1-2H3,(H2,12,14,20). The lowest BCUT2D eigenvalue weighted by Gasteiger charge is -2.06. The molecular formula is C11H14N4O4S. The first-order chi connectivity index (χ1) is 9.49. The number of nitrogens with one attached hydrogen (secondary N) is 2. The van der Waals surface area contributed by atoms with E-state index in [0.717, 1.165) is 6.07 Å². The lowest BCUT2D eigenvalue weighted by Crippen LogP contribution is -2.31. The van der Waals surface area contributed by atoms with Gasteiger partial charge in [0.2, 0.25) is 0 Å². The quantitative estimate of drug-likeness (QED) is 0.323. The number of nitro groups is 1. The number of hydrogen-bond donors (Lipinski definition) is 3. The first-order valence-electron chi connectivity index (χ1n) is 5.61. The first-order valence-corrected chi connectivity index (χ1v) is 6.02. The Morgan fingerprint density at radius 2 is 2.35 bits per heavy atom. The third-order valence-corrected chi connectivity index (χ3v) is 2.46. The fraction of sp³-hybridized carbons (Fsp3) is 0.273. The van der Waals surface area contributed by atoms with E-state index in [1.54, 1.807) is 0 Å². The number of aromatic hydroxyl groups is 1. The summed E-state index contributed by atoms with van der Waals surface area (Å²) in [5, 5.41) is 27.5.